The van der Waals surface area contributed by atoms with Crippen molar-refractivity contribution in [2.75, 3.05) is 23.3 Å². The Morgan fingerprint density at radius 1 is 1.41 bits per heavy atom. The van der Waals surface area contributed by atoms with Gasteiger partial charge in [0.1, 0.15) is 5.69 Å². The summed E-state index contributed by atoms with van der Waals surface area (Å²) in [5.41, 5.74) is 0.485. The monoisotopic (exact) mass is 240 g/mol. The van der Waals surface area contributed by atoms with Crippen LogP contribution in [0.25, 0.3) is 0 Å². The maximum Gasteiger partial charge on any atom is 0.243 e. The average Bonchev–Trinajstić information content (AvgIpc) is 2.22. The topological polar surface area (TPSA) is 32.3 Å². The summed E-state index contributed by atoms with van der Waals surface area (Å²) >= 11 is 0. The van der Waals surface area contributed by atoms with Gasteiger partial charge in [-0.2, -0.15) is 0 Å². The van der Waals surface area contributed by atoms with Crippen LogP contribution >= 0.6 is 0 Å². The summed E-state index contributed by atoms with van der Waals surface area (Å²) in [5.74, 6) is -1.74. The van der Waals surface area contributed by atoms with Gasteiger partial charge in [0.2, 0.25) is 5.91 Å². The number of halogens is 2. The second kappa shape index (κ2) is 4.31. The van der Waals surface area contributed by atoms with E-state index >= 15 is 0 Å². The van der Waals surface area contributed by atoms with Gasteiger partial charge in [-0.3, -0.25) is 4.79 Å². The Kier molecular flexibility index (Phi) is 3.00. The van der Waals surface area contributed by atoms with Crippen molar-refractivity contribution in [3.63, 3.8) is 0 Å². The highest BCUT2D eigenvalue weighted by Crippen LogP contribution is 2.33. The Labute approximate surface area is 98.4 Å². The zero-order valence-electron chi connectivity index (χ0n) is 9.76. The van der Waals surface area contributed by atoms with Crippen LogP contribution in [0.4, 0.5) is 20.2 Å². The largest absolute Gasteiger partial charge is 0.358 e. The van der Waals surface area contributed by atoms with Gasteiger partial charge >= 0.3 is 0 Å². The molecule has 2 rings (SSSR count). The molecule has 1 amide bonds. The summed E-state index contributed by atoms with van der Waals surface area (Å²) in [5, 5.41) is 2.54. The van der Waals surface area contributed by atoms with Gasteiger partial charge in [0.05, 0.1) is 12.2 Å². The summed E-state index contributed by atoms with van der Waals surface area (Å²) in [4.78, 5) is 13.0. The van der Waals surface area contributed by atoms with Crippen molar-refractivity contribution in [2.45, 2.75) is 13.8 Å². The van der Waals surface area contributed by atoms with E-state index in [1.165, 1.54) is 6.07 Å². The first-order valence-electron chi connectivity index (χ1n) is 5.52. The Morgan fingerprint density at radius 2 is 2.12 bits per heavy atom. The molecule has 3 nitrogen and oxygen atoms in total. The molecule has 0 saturated heterocycles. The number of rotatable bonds is 2. The Morgan fingerprint density at radius 3 is 2.76 bits per heavy atom. The number of nitrogens with zero attached hydrogens (tertiary/aromatic N) is 1. The lowest BCUT2D eigenvalue weighted by atomic mass is 10.1. The minimum Gasteiger partial charge on any atom is -0.358 e. The SMILES string of the molecule is CC(C)CN1CC(=O)Nc2ccc(F)c(F)c21. The molecule has 0 aliphatic carbocycles. The van der Waals surface area contributed by atoms with Gasteiger partial charge in [-0.15, -0.1) is 0 Å². The molecule has 0 bridgehead atoms. The van der Waals surface area contributed by atoms with Gasteiger partial charge in [-0.1, -0.05) is 13.8 Å². The molecule has 0 saturated carbocycles. The molecule has 5 heteroatoms. The molecular formula is C12H14F2N2O. The van der Waals surface area contributed by atoms with Gasteiger partial charge in [0.15, 0.2) is 11.6 Å². The number of fused-ring (bicyclic) bond motifs is 1. The normalized spacial score (nSPS) is 14.9. The summed E-state index contributed by atoms with van der Waals surface area (Å²) in [6, 6.07) is 2.41. The molecule has 1 aliphatic rings. The summed E-state index contributed by atoms with van der Waals surface area (Å²) in [6.45, 7) is 4.50. The number of nitrogens with one attached hydrogen (secondary N) is 1. The minimum atomic E-state index is -0.900. The molecule has 0 unspecified atom stereocenters. The van der Waals surface area contributed by atoms with Crippen molar-refractivity contribution in [1.82, 2.24) is 0 Å². The molecule has 1 aliphatic heterocycles. The molecule has 1 heterocycles. The second-order valence-electron chi connectivity index (χ2n) is 4.58. The number of hydrogen-bond acceptors (Lipinski definition) is 2. The van der Waals surface area contributed by atoms with E-state index in [4.69, 9.17) is 0 Å². The molecule has 1 N–H and O–H groups in total. The Hall–Kier alpha value is -1.65. The van der Waals surface area contributed by atoms with Gasteiger partial charge in [-0.05, 0) is 18.1 Å². The van der Waals surface area contributed by atoms with E-state index in [0.29, 0.717) is 12.2 Å². The molecule has 92 valence electrons. The van der Waals surface area contributed by atoms with Gasteiger partial charge in [0, 0.05) is 6.54 Å². The molecule has 0 spiro atoms. The van der Waals surface area contributed by atoms with E-state index in [-0.39, 0.29) is 24.1 Å². The zero-order chi connectivity index (χ0) is 12.6. The van der Waals surface area contributed by atoms with E-state index in [0.717, 1.165) is 6.07 Å². The molecular weight excluding hydrogens is 226 g/mol. The van der Waals surface area contributed by atoms with E-state index in [2.05, 4.69) is 5.32 Å². The van der Waals surface area contributed by atoms with Gasteiger partial charge < -0.3 is 10.2 Å². The van der Waals surface area contributed by atoms with E-state index in [9.17, 15) is 13.6 Å². The molecule has 17 heavy (non-hydrogen) atoms. The predicted molar refractivity (Wildman–Crippen MR) is 62.0 cm³/mol. The van der Waals surface area contributed by atoms with Gasteiger partial charge in [-0.25, -0.2) is 8.78 Å². The number of hydrogen-bond donors (Lipinski definition) is 1. The lowest BCUT2D eigenvalue weighted by Crippen LogP contribution is -2.40. The van der Waals surface area contributed by atoms with Crippen molar-refractivity contribution < 1.29 is 13.6 Å². The summed E-state index contributed by atoms with van der Waals surface area (Å²) < 4.78 is 26.9. The first kappa shape index (κ1) is 11.8. The maximum atomic E-state index is 13.7. The Bertz CT molecular complexity index is 460. The Balaban J connectivity index is 2.46. The molecule has 0 atom stereocenters. The van der Waals surface area contributed by atoms with Crippen LogP contribution in [-0.2, 0) is 4.79 Å². The lowest BCUT2D eigenvalue weighted by Gasteiger charge is -2.32. The van der Waals surface area contributed by atoms with E-state index in [1.54, 1.807) is 4.90 Å². The third kappa shape index (κ3) is 2.23. The number of anilines is 2. The highest BCUT2D eigenvalue weighted by atomic mass is 19.2. The first-order valence-corrected chi connectivity index (χ1v) is 5.52. The molecule has 0 radical (unpaired) electrons. The predicted octanol–water partition coefficient (Wildman–Crippen LogP) is 2.38. The fraction of sp³-hybridized carbons (Fsp3) is 0.417. The van der Waals surface area contributed by atoms with Crippen LogP contribution in [0.5, 0.6) is 0 Å². The molecule has 0 aromatic heterocycles. The fourth-order valence-corrected chi connectivity index (χ4v) is 1.99. The van der Waals surface area contributed by atoms with Crippen molar-refractivity contribution in [3.05, 3.63) is 23.8 Å². The highest BCUT2D eigenvalue weighted by molar-refractivity contribution is 6.01. The van der Waals surface area contributed by atoms with Crippen molar-refractivity contribution >= 4 is 17.3 Å². The second-order valence-corrected chi connectivity index (χ2v) is 4.58. The highest BCUT2D eigenvalue weighted by Gasteiger charge is 2.27. The summed E-state index contributed by atoms with van der Waals surface area (Å²) in [6.07, 6.45) is 0. The van der Waals surface area contributed by atoms with Crippen LogP contribution in [0.3, 0.4) is 0 Å². The quantitative estimate of drug-likeness (QED) is 0.860. The third-order valence-electron chi connectivity index (χ3n) is 2.58. The van der Waals surface area contributed by atoms with E-state index in [1.807, 2.05) is 13.8 Å². The van der Waals surface area contributed by atoms with Crippen LogP contribution in [0.15, 0.2) is 12.1 Å². The molecule has 1 aromatic carbocycles. The zero-order valence-corrected chi connectivity index (χ0v) is 9.76. The van der Waals surface area contributed by atoms with Gasteiger partial charge in [0.25, 0.3) is 0 Å². The third-order valence-corrected chi connectivity index (χ3v) is 2.58. The standard InChI is InChI=1S/C12H14F2N2O/c1-7(2)5-16-6-10(17)15-9-4-3-8(13)11(14)12(9)16/h3-4,7H,5-6H2,1-2H3,(H,15,17). The lowest BCUT2D eigenvalue weighted by molar-refractivity contribution is -0.115. The van der Waals surface area contributed by atoms with Crippen LogP contribution in [0, 0.1) is 17.6 Å². The molecule has 0 fully saturated rings. The van der Waals surface area contributed by atoms with Crippen LogP contribution in [-0.4, -0.2) is 19.0 Å². The van der Waals surface area contributed by atoms with Crippen molar-refractivity contribution in [2.24, 2.45) is 5.92 Å². The van der Waals surface area contributed by atoms with Crippen molar-refractivity contribution in [3.8, 4) is 0 Å². The smallest absolute Gasteiger partial charge is 0.243 e. The van der Waals surface area contributed by atoms with E-state index < -0.39 is 11.6 Å². The number of carbonyl (C=O) groups is 1. The van der Waals surface area contributed by atoms with Crippen LogP contribution in [0.2, 0.25) is 0 Å². The average molecular weight is 240 g/mol. The van der Waals surface area contributed by atoms with Crippen LogP contribution in [0.1, 0.15) is 13.8 Å². The number of carbonyl (C=O) groups excluding carboxylic acids is 1. The maximum absolute atomic E-state index is 13.7. The fourth-order valence-electron chi connectivity index (χ4n) is 1.99. The van der Waals surface area contributed by atoms with Crippen LogP contribution < -0.4 is 10.2 Å². The molecule has 1 aromatic rings. The number of amides is 1. The van der Waals surface area contributed by atoms with Crippen molar-refractivity contribution in [1.29, 1.82) is 0 Å². The first-order chi connectivity index (χ1) is 7.99. The number of benzene rings is 1. The minimum absolute atomic E-state index is 0.0611. The summed E-state index contributed by atoms with van der Waals surface area (Å²) in [7, 11) is 0.